The predicted octanol–water partition coefficient (Wildman–Crippen LogP) is 3.35. The van der Waals surface area contributed by atoms with Crippen LogP contribution in [0.2, 0.25) is 0 Å². The summed E-state index contributed by atoms with van der Waals surface area (Å²) in [5, 5.41) is 5.41. The lowest BCUT2D eigenvalue weighted by molar-refractivity contribution is -0.137. The highest BCUT2D eigenvalue weighted by molar-refractivity contribution is 5.74. The van der Waals surface area contributed by atoms with Crippen LogP contribution in [-0.2, 0) is 12.6 Å². The Morgan fingerprint density at radius 2 is 1.85 bits per heavy atom. The van der Waals surface area contributed by atoms with Crippen molar-refractivity contribution in [3.8, 4) is 0 Å². The van der Waals surface area contributed by atoms with Gasteiger partial charge in [0.15, 0.2) is 0 Å². The fourth-order valence-electron chi connectivity index (χ4n) is 1.75. The van der Waals surface area contributed by atoms with Crippen molar-refractivity contribution in [1.29, 1.82) is 0 Å². The fourth-order valence-corrected chi connectivity index (χ4v) is 1.75. The number of carbonyl (C=O) groups is 1. The van der Waals surface area contributed by atoms with Gasteiger partial charge in [0.05, 0.1) is 5.56 Å². The molecule has 0 aliphatic rings. The van der Waals surface area contributed by atoms with Gasteiger partial charge in [-0.2, -0.15) is 13.2 Å². The molecule has 0 radical (unpaired) electrons. The maximum atomic E-state index is 12.4. The first-order valence-electron chi connectivity index (χ1n) is 6.53. The highest BCUT2D eigenvalue weighted by Crippen LogP contribution is 2.29. The lowest BCUT2D eigenvalue weighted by Crippen LogP contribution is -2.41. The highest BCUT2D eigenvalue weighted by Gasteiger charge is 2.29. The van der Waals surface area contributed by atoms with E-state index in [0.717, 1.165) is 24.1 Å². The van der Waals surface area contributed by atoms with Crippen LogP contribution in [0.4, 0.5) is 18.0 Å². The van der Waals surface area contributed by atoms with Crippen LogP contribution in [0.3, 0.4) is 0 Å². The molecule has 1 aromatic carbocycles. The Balaban J connectivity index is 2.50. The predicted molar refractivity (Wildman–Crippen MR) is 71.4 cm³/mol. The lowest BCUT2D eigenvalue weighted by atomic mass is 10.1. The molecule has 6 heteroatoms. The molecule has 1 atom stereocenters. The summed E-state index contributed by atoms with van der Waals surface area (Å²) in [5.74, 6) is 0. The van der Waals surface area contributed by atoms with E-state index in [-0.39, 0.29) is 12.1 Å². The van der Waals surface area contributed by atoms with Crippen molar-refractivity contribution in [3.05, 3.63) is 35.4 Å². The van der Waals surface area contributed by atoms with Crippen LogP contribution >= 0.6 is 0 Å². The molecule has 0 aliphatic heterocycles. The van der Waals surface area contributed by atoms with Crippen molar-refractivity contribution in [2.75, 3.05) is 6.54 Å². The first-order valence-corrected chi connectivity index (χ1v) is 6.53. The minimum Gasteiger partial charge on any atom is -0.338 e. The smallest absolute Gasteiger partial charge is 0.338 e. The Hall–Kier alpha value is -1.72. The molecule has 0 saturated heterocycles. The minimum atomic E-state index is -4.32. The first-order chi connectivity index (χ1) is 9.32. The van der Waals surface area contributed by atoms with Crippen LogP contribution in [0.1, 0.15) is 31.4 Å². The van der Waals surface area contributed by atoms with Gasteiger partial charge in [-0.05, 0) is 37.5 Å². The monoisotopic (exact) mass is 288 g/mol. The topological polar surface area (TPSA) is 41.1 Å². The van der Waals surface area contributed by atoms with E-state index in [1.165, 1.54) is 12.1 Å². The van der Waals surface area contributed by atoms with E-state index >= 15 is 0 Å². The molecule has 0 heterocycles. The van der Waals surface area contributed by atoms with Gasteiger partial charge in [-0.15, -0.1) is 0 Å². The molecule has 0 aliphatic carbocycles. The molecule has 20 heavy (non-hydrogen) atoms. The summed E-state index contributed by atoms with van der Waals surface area (Å²) in [6.45, 7) is 4.36. The SMILES string of the molecule is CCCNC(=O)NC(C)Cc1ccc(C(F)(F)F)cc1. The summed E-state index contributed by atoms with van der Waals surface area (Å²) in [4.78, 5) is 11.4. The van der Waals surface area contributed by atoms with E-state index in [9.17, 15) is 18.0 Å². The number of amides is 2. The largest absolute Gasteiger partial charge is 0.416 e. The summed E-state index contributed by atoms with van der Waals surface area (Å²) in [5.41, 5.74) is 0.0869. The Kier molecular flexibility index (Phi) is 5.85. The van der Waals surface area contributed by atoms with Crippen molar-refractivity contribution < 1.29 is 18.0 Å². The number of urea groups is 1. The molecular weight excluding hydrogens is 269 g/mol. The molecular formula is C14H19F3N2O. The van der Waals surface area contributed by atoms with Crippen LogP contribution in [0.25, 0.3) is 0 Å². The summed E-state index contributed by atoms with van der Waals surface area (Å²) in [6, 6.07) is 4.57. The minimum absolute atomic E-state index is 0.149. The van der Waals surface area contributed by atoms with Gasteiger partial charge < -0.3 is 10.6 Å². The van der Waals surface area contributed by atoms with Crippen LogP contribution in [0.5, 0.6) is 0 Å². The average molecular weight is 288 g/mol. The Morgan fingerprint density at radius 3 is 2.35 bits per heavy atom. The number of alkyl halides is 3. The van der Waals surface area contributed by atoms with Gasteiger partial charge in [-0.1, -0.05) is 19.1 Å². The normalized spacial score (nSPS) is 12.8. The molecule has 2 amide bonds. The third-order valence-electron chi connectivity index (χ3n) is 2.74. The molecule has 0 bridgehead atoms. The maximum absolute atomic E-state index is 12.4. The van der Waals surface area contributed by atoms with Crippen LogP contribution < -0.4 is 10.6 Å². The maximum Gasteiger partial charge on any atom is 0.416 e. The molecule has 0 aromatic heterocycles. The zero-order chi connectivity index (χ0) is 15.2. The molecule has 112 valence electrons. The Labute approximate surface area is 116 Å². The standard InChI is InChI=1S/C14H19F3N2O/c1-3-8-18-13(20)19-10(2)9-11-4-6-12(7-5-11)14(15,16)17/h4-7,10H,3,8-9H2,1-2H3,(H2,18,19,20). The van der Waals surface area contributed by atoms with Crippen molar-refractivity contribution in [2.45, 2.75) is 38.9 Å². The first kappa shape index (κ1) is 16.3. The van der Waals surface area contributed by atoms with Crippen LogP contribution in [0.15, 0.2) is 24.3 Å². The number of rotatable bonds is 5. The number of halogens is 3. The van der Waals surface area contributed by atoms with Crippen molar-refractivity contribution in [1.82, 2.24) is 10.6 Å². The van der Waals surface area contributed by atoms with Crippen LogP contribution in [-0.4, -0.2) is 18.6 Å². The van der Waals surface area contributed by atoms with E-state index in [1.54, 1.807) is 0 Å². The molecule has 1 aromatic rings. The number of nitrogens with one attached hydrogen (secondary N) is 2. The number of carbonyl (C=O) groups excluding carboxylic acids is 1. The second kappa shape index (κ2) is 7.17. The number of hydrogen-bond acceptors (Lipinski definition) is 1. The quantitative estimate of drug-likeness (QED) is 0.857. The van der Waals surface area contributed by atoms with Gasteiger partial charge in [-0.3, -0.25) is 0 Å². The van der Waals surface area contributed by atoms with E-state index in [1.807, 2.05) is 13.8 Å². The molecule has 2 N–H and O–H groups in total. The summed E-state index contributed by atoms with van der Waals surface area (Å²) >= 11 is 0. The number of hydrogen-bond donors (Lipinski definition) is 2. The summed E-state index contributed by atoms with van der Waals surface area (Å²) < 4.78 is 37.2. The molecule has 0 saturated carbocycles. The summed E-state index contributed by atoms with van der Waals surface area (Å²) in [6.07, 6.45) is -2.99. The van der Waals surface area contributed by atoms with Gasteiger partial charge in [0.2, 0.25) is 0 Å². The molecule has 1 rings (SSSR count). The Morgan fingerprint density at radius 1 is 1.25 bits per heavy atom. The molecule has 0 fully saturated rings. The van der Waals surface area contributed by atoms with Crippen LogP contribution in [0, 0.1) is 0 Å². The zero-order valence-electron chi connectivity index (χ0n) is 11.6. The van der Waals surface area contributed by atoms with E-state index in [4.69, 9.17) is 0 Å². The second-order valence-electron chi connectivity index (χ2n) is 4.70. The van der Waals surface area contributed by atoms with Crippen molar-refractivity contribution in [2.24, 2.45) is 0 Å². The molecule has 1 unspecified atom stereocenters. The van der Waals surface area contributed by atoms with E-state index in [2.05, 4.69) is 10.6 Å². The van der Waals surface area contributed by atoms with E-state index < -0.39 is 11.7 Å². The average Bonchev–Trinajstić information content (AvgIpc) is 2.35. The summed E-state index contributed by atoms with van der Waals surface area (Å²) in [7, 11) is 0. The Bertz CT molecular complexity index is 429. The third kappa shape index (κ3) is 5.50. The van der Waals surface area contributed by atoms with Gasteiger partial charge >= 0.3 is 12.2 Å². The van der Waals surface area contributed by atoms with Gasteiger partial charge in [0.1, 0.15) is 0 Å². The second-order valence-corrected chi connectivity index (χ2v) is 4.70. The van der Waals surface area contributed by atoms with E-state index in [0.29, 0.717) is 13.0 Å². The zero-order valence-corrected chi connectivity index (χ0v) is 11.6. The number of benzene rings is 1. The van der Waals surface area contributed by atoms with Crippen molar-refractivity contribution >= 4 is 6.03 Å². The molecule has 0 spiro atoms. The highest BCUT2D eigenvalue weighted by atomic mass is 19.4. The van der Waals surface area contributed by atoms with Gasteiger partial charge in [-0.25, -0.2) is 4.79 Å². The fraction of sp³-hybridized carbons (Fsp3) is 0.500. The molecule has 3 nitrogen and oxygen atoms in total. The third-order valence-corrected chi connectivity index (χ3v) is 2.74. The van der Waals surface area contributed by atoms with Gasteiger partial charge in [0.25, 0.3) is 0 Å². The van der Waals surface area contributed by atoms with Crippen molar-refractivity contribution in [3.63, 3.8) is 0 Å². The van der Waals surface area contributed by atoms with Gasteiger partial charge in [0, 0.05) is 12.6 Å². The lowest BCUT2D eigenvalue weighted by Gasteiger charge is -2.15.